The fraction of sp³-hybridized carbons (Fsp3) is 1.00. The van der Waals surface area contributed by atoms with E-state index < -0.39 is 10.1 Å². The topological polar surface area (TPSA) is 54.4 Å². The molecule has 0 aromatic heterocycles. The van der Waals surface area contributed by atoms with Crippen molar-refractivity contribution >= 4 is 10.1 Å². The quantitative estimate of drug-likeness (QED) is 0.391. The van der Waals surface area contributed by atoms with Gasteiger partial charge in [-0.3, -0.25) is 4.55 Å². The smallest absolute Gasteiger partial charge is 0.264 e. The van der Waals surface area contributed by atoms with E-state index in [1.54, 1.807) is 0 Å². The highest BCUT2D eigenvalue weighted by Gasteiger charge is 2.02. The van der Waals surface area contributed by atoms with Crippen LogP contribution in [0.2, 0.25) is 0 Å². The van der Waals surface area contributed by atoms with Crippen molar-refractivity contribution in [2.75, 3.05) is 5.75 Å². The standard InChI is InChI=1S/C15H32O3S/c1-15(2)13-11-9-7-5-3-4-6-8-10-12-14-19(16,17)18/h15H,3-14H2,1-2H3,(H,16,17,18). The first-order valence-electron chi connectivity index (χ1n) is 7.87. The van der Waals surface area contributed by atoms with Crippen molar-refractivity contribution < 1.29 is 13.0 Å². The highest BCUT2D eigenvalue weighted by Crippen LogP contribution is 2.13. The van der Waals surface area contributed by atoms with Crippen LogP contribution >= 0.6 is 0 Å². The molecule has 116 valence electrons. The van der Waals surface area contributed by atoms with Crippen molar-refractivity contribution in [3.8, 4) is 0 Å². The minimum absolute atomic E-state index is 0.0805. The van der Waals surface area contributed by atoms with Crippen molar-refractivity contribution in [2.24, 2.45) is 5.92 Å². The average molecular weight is 292 g/mol. The third-order valence-electron chi connectivity index (χ3n) is 3.43. The van der Waals surface area contributed by atoms with Crippen molar-refractivity contribution in [3.63, 3.8) is 0 Å². The predicted molar refractivity (Wildman–Crippen MR) is 82.0 cm³/mol. The lowest BCUT2D eigenvalue weighted by Crippen LogP contribution is -2.03. The summed E-state index contributed by atoms with van der Waals surface area (Å²) in [6.07, 6.45) is 13.1. The van der Waals surface area contributed by atoms with Gasteiger partial charge in [-0.15, -0.1) is 0 Å². The van der Waals surface area contributed by atoms with Gasteiger partial charge in [0, 0.05) is 0 Å². The molecule has 0 saturated carbocycles. The normalized spacial score (nSPS) is 12.2. The van der Waals surface area contributed by atoms with E-state index in [0.717, 1.165) is 18.8 Å². The van der Waals surface area contributed by atoms with E-state index in [4.69, 9.17) is 4.55 Å². The largest absolute Gasteiger partial charge is 0.286 e. The molecule has 0 aliphatic carbocycles. The van der Waals surface area contributed by atoms with E-state index in [1.165, 1.54) is 51.4 Å². The van der Waals surface area contributed by atoms with Gasteiger partial charge in [-0.25, -0.2) is 0 Å². The molecule has 0 aromatic carbocycles. The molecule has 19 heavy (non-hydrogen) atoms. The van der Waals surface area contributed by atoms with E-state index in [0.29, 0.717) is 6.42 Å². The van der Waals surface area contributed by atoms with Gasteiger partial charge in [-0.2, -0.15) is 8.42 Å². The van der Waals surface area contributed by atoms with Crippen LogP contribution in [0, 0.1) is 5.92 Å². The molecule has 0 aliphatic heterocycles. The van der Waals surface area contributed by atoms with Crippen LogP contribution in [0.3, 0.4) is 0 Å². The first-order chi connectivity index (χ1) is 8.92. The maximum atomic E-state index is 10.5. The van der Waals surface area contributed by atoms with E-state index in [1.807, 2.05) is 0 Å². The monoisotopic (exact) mass is 292 g/mol. The Kier molecular flexibility index (Phi) is 11.7. The second-order valence-electron chi connectivity index (χ2n) is 6.00. The second kappa shape index (κ2) is 11.7. The lowest BCUT2D eigenvalue weighted by atomic mass is 10.0. The molecule has 0 bridgehead atoms. The number of rotatable bonds is 13. The molecule has 0 aliphatic rings. The van der Waals surface area contributed by atoms with Gasteiger partial charge in [-0.1, -0.05) is 78.1 Å². The van der Waals surface area contributed by atoms with Crippen LogP contribution in [-0.4, -0.2) is 18.7 Å². The summed E-state index contributed by atoms with van der Waals surface area (Å²) in [6.45, 7) is 4.56. The zero-order valence-electron chi connectivity index (χ0n) is 12.7. The van der Waals surface area contributed by atoms with E-state index >= 15 is 0 Å². The molecule has 0 radical (unpaired) electrons. The van der Waals surface area contributed by atoms with Crippen molar-refractivity contribution in [1.82, 2.24) is 0 Å². The highest BCUT2D eigenvalue weighted by molar-refractivity contribution is 7.85. The van der Waals surface area contributed by atoms with Gasteiger partial charge in [0.15, 0.2) is 0 Å². The molecule has 0 saturated heterocycles. The van der Waals surface area contributed by atoms with Crippen LogP contribution in [0.4, 0.5) is 0 Å². The molecule has 0 aromatic rings. The summed E-state index contributed by atoms with van der Waals surface area (Å²) >= 11 is 0. The van der Waals surface area contributed by atoms with E-state index in [2.05, 4.69) is 13.8 Å². The molecule has 1 N–H and O–H groups in total. The Morgan fingerprint density at radius 3 is 1.47 bits per heavy atom. The summed E-state index contributed by atoms with van der Waals surface area (Å²) in [6, 6.07) is 0. The molecule has 0 amide bonds. The van der Waals surface area contributed by atoms with E-state index in [9.17, 15) is 8.42 Å². The van der Waals surface area contributed by atoms with Crippen molar-refractivity contribution in [1.29, 1.82) is 0 Å². The third kappa shape index (κ3) is 17.9. The molecular weight excluding hydrogens is 260 g/mol. The number of unbranched alkanes of at least 4 members (excludes halogenated alkanes) is 9. The summed E-state index contributed by atoms with van der Waals surface area (Å²) in [5.74, 6) is 0.755. The molecule has 0 spiro atoms. The van der Waals surface area contributed by atoms with Crippen molar-refractivity contribution in [3.05, 3.63) is 0 Å². The molecule has 0 fully saturated rings. The zero-order chi connectivity index (χ0) is 14.6. The predicted octanol–water partition coefficient (Wildman–Crippen LogP) is 4.82. The molecule has 0 atom stereocenters. The fourth-order valence-electron chi connectivity index (χ4n) is 2.25. The Labute approximate surface area is 119 Å². The van der Waals surface area contributed by atoms with Crippen LogP contribution in [0.25, 0.3) is 0 Å². The summed E-state index contributed by atoms with van der Waals surface area (Å²) in [7, 11) is -3.74. The van der Waals surface area contributed by atoms with Crippen molar-refractivity contribution in [2.45, 2.75) is 84.5 Å². The molecular formula is C15H32O3S. The van der Waals surface area contributed by atoms with Gasteiger partial charge in [0.25, 0.3) is 10.1 Å². The maximum Gasteiger partial charge on any atom is 0.264 e. The second-order valence-corrected chi connectivity index (χ2v) is 7.58. The van der Waals surface area contributed by atoms with E-state index in [-0.39, 0.29) is 5.75 Å². The lowest BCUT2D eigenvalue weighted by molar-refractivity contribution is 0.478. The van der Waals surface area contributed by atoms with Gasteiger partial charge < -0.3 is 0 Å². The fourth-order valence-corrected chi connectivity index (χ4v) is 2.82. The average Bonchev–Trinajstić information content (AvgIpc) is 2.28. The number of hydrogen-bond acceptors (Lipinski definition) is 2. The maximum absolute atomic E-state index is 10.5. The van der Waals surface area contributed by atoms with Gasteiger partial charge in [0.1, 0.15) is 0 Å². The summed E-state index contributed by atoms with van der Waals surface area (Å²) in [5, 5.41) is 0. The third-order valence-corrected chi connectivity index (χ3v) is 4.24. The Balaban J connectivity index is 3.07. The van der Waals surface area contributed by atoms with Crippen LogP contribution in [0.1, 0.15) is 84.5 Å². The number of hydrogen-bond donors (Lipinski definition) is 1. The first kappa shape index (κ1) is 18.9. The summed E-state index contributed by atoms with van der Waals surface area (Å²) in [4.78, 5) is 0. The molecule has 0 unspecified atom stereocenters. The van der Waals surface area contributed by atoms with Gasteiger partial charge >= 0.3 is 0 Å². The first-order valence-corrected chi connectivity index (χ1v) is 9.48. The Morgan fingerprint density at radius 2 is 1.11 bits per heavy atom. The van der Waals surface area contributed by atoms with Crippen LogP contribution < -0.4 is 0 Å². The Morgan fingerprint density at radius 1 is 0.737 bits per heavy atom. The Hall–Kier alpha value is -0.0900. The SMILES string of the molecule is CC(C)CCCCCCCCCCCCS(=O)(=O)O. The zero-order valence-corrected chi connectivity index (χ0v) is 13.6. The van der Waals surface area contributed by atoms with Gasteiger partial charge in [0.2, 0.25) is 0 Å². The molecule has 0 rings (SSSR count). The Bertz CT molecular complexity index is 284. The van der Waals surface area contributed by atoms with Crippen LogP contribution in [0.15, 0.2) is 0 Å². The molecule has 4 heteroatoms. The summed E-state index contributed by atoms with van der Waals surface area (Å²) < 4.78 is 29.5. The molecule has 0 heterocycles. The summed E-state index contributed by atoms with van der Waals surface area (Å²) in [5.41, 5.74) is 0. The lowest BCUT2D eigenvalue weighted by Gasteiger charge is -2.04. The highest BCUT2D eigenvalue weighted by atomic mass is 32.2. The van der Waals surface area contributed by atoms with Gasteiger partial charge in [0.05, 0.1) is 5.75 Å². The van der Waals surface area contributed by atoms with Gasteiger partial charge in [-0.05, 0) is 12.3 Å². The van der Waals surface area contributed by atoms with Crippen LogP contribution in [-0.2, 0) is 10.1 Å². The minimum Gasteiger partial charge on any atom is -0.286 e. The molecule has 3 nitrogen and oxygen atoms in total. The van der Waals surface area contributed by atoms with Crippen LogP contribution in [0.5, 0.6) is 0 Å². The minimum atomic E-state index is -3.74.